The van der Waals surface area contributed by atoms with E-state index in [2.05, 4.69) is 4.98 Å². The van der Waals surface area contributed by atoms with Gasteiger partial charge in [0.25, 0.3) is 0 Å². The second-order valence-corrected chi connectivity index (χ2v) is 2.13. The summed E-state index contributed by atoms with van der Waals surface area (Å²) in [6, 6.07) is 0. The predicted octanol–water partition coefficient (Wildman–Crippen LogP) is 1.65. The first-order valence-electron chi connectivity index (χ1n) is 2.93. The molecule has 0 saturated heterocycles. The van der Waals surface area contributed by atoms with Crippen LogP contribution in [0, 0.1) is 0 Å². The topological polar surface area (TPSA) is 27.1 Å². The van der Waals surface area contributed by atoms with E-state index in [-0.39, 0.29) is 12.4 Å². The van der Waals surface area contributed by atoms with Crippen molar-refractivity contribution in [1.82, 2.24) is 9.55 Å². The van der Waals surface area contributed by atoms with Crippen LogP contribution < -0.4 is 0 Å². The maximum atomic E-state index is 5.57. The molecule has 0 aromatic carbocycles. The van der Waals surface area contributed by atoms with Gasteiger partial charge in [0.15, 0.2) is 0 Å². The van der Waals surface area contributed by atoms with Gasteiger partial charge in [-0.25, -0.2) is 4.98 Å². The largest absolute Gasteiger partial charge is 0.364 e. The zero-order valence-corrected chi connectivity index (χ0v) is 7.73. The lowest BCUT2D eigenvalue weighted by Gasteiger charge is -2.01. The maximum Gasteiger partial charge on any atom is 0.125 e. The molecule has 3 nitrogen and oxygen atoms in total. The molecular formula is C6H10Cl2N2O. The van der Waals surface area contributed by atoms with Crippen molar-refractivity contribution in [2.45, 2.75) is 12.6 Å². The molecule has 0 spiro atoms. The monoisotopic (exact) mass is 196 g/mol. The molecule has 0 unspecified atom stereocenters. The van der Waals surface area contributed by atoms with Crippen LogP contribution in [0.4, 0.5) is 0 Å². The molecule has 0 radical (unpaired) electrons. The fourth-order valence-corrected chi connectivity index (χ4v) is 0.950. The fraction of sp³-hybridized carbons (Fsp3) is 0.500. The lowest BCUT2D eigenvalue weighted by atomic mass is 10.7. The van der Waals surface area contributed by atoms with Crippen molar-refractivity contribution in [3.05, 3.63) is 18.2 Å². The minimum Gasteiger partial charge on any atom is -0.364 e. The van der Waals surface area contributed by atoms with E-state index in [1.807, 2.05) is 10.8 Å². The molecule has 1 rings (SSSR count). The van der Waals surface area contributed by atoms with Gasteiger partial charge in [-0.1, -0.05) is 0 Å². The van der Waals surface area contributed by atoms with E-state index in [1.54, 1.807) is 13.3 Å². The zero-order valence-electron chi connectivity index (χ0n) is 6.16. The van der Waals surface area contributed by atoms with Crippen molar-refractivity contribution in [3.8, 4) is 0 Å². The van der Waals surface area contributed by atoms with E-state index in [9.17, 15) is 0 Å². The van der Waals surface area contributed by atoms with Gasteiger partial charge in [0.1, 0.15) is 12.6 Å². The van der Waals surface area contributed by atoms with Crippen molar-refractivity contribution in [2.24, 2.45) is 0 Å². The second-order valence-electron chi connectivity index (χ2n) is 1.86. The van der Waals surface area contributed by atoms with Crippen molar-refractivity contribution in [3.63, 3.8) is 0 Å². The predicted molar refractivity (Wildman–Crippen MR) is 46.0 cm³/mol. The van der Waals surface area contributed by atoms with Gasteiger partial charge in [-0.05, 0) is 0 Å². The molecule has 0 saturated carbocycles. The Bertz CT molecular complexity index is 202. The lowest BCUT2D eigenvalue weighted by molar-refractivity contribution is 0.129. The minimum atomic E-state index is 0. The van der Waals surface area contributed by atoms with Gasteiger partial charge >= 0.3 is 0 Å². The third kappa shape index (κ3) is 2.69. The molecule has 0 N–H and O–H groups in total. The third-order valence-corrected chi connectivity index (χ3v) is 1.43. The molecule has 0 aliphatic carbocycles. The van der Waals surface area contributed by atoms with E-state index >= 15 is 0 Å². The highest BCUT2D eigenvalue weighted by Crippen LogP contribution is 2.00. The van der Waals surface area contributed by atoms with Crippen molar-refractivity contribution in [1.29, 1.82) is 0 Å². The van der Waals surface area contributed by atoms with Crippen LogP contribution in [0.3, 0.4) is 0 Å². The van der Waals surface area contributed by atoms with E-state index in [1.165, 1.54) is 0 Å². The standard InChI is InChI=1S/C6H9ClN2O.ClH/c1-10-5-9-3-2-8-6(9)4-7;/h2-3H,4-5H2,1H3;1H. The Balaban J connectivity index is 0.000001000. The Kier molecular flexibility index (Phi) is 5.28. The summed E-state index contributed by atoms with van der Waals surface area (Å²) in [5.41, 5.74) is 0. The molecule has 5 heteroatoms. The molecule has 0 fully saturated rings. The van der Waals surface area contributed by atoms with Crippen LogP contribution in [-0.4, -0.2) is 16.7 Å². The number of aromatic nitrogens is 2. The summed E-state index contributed by atoms with van der Waals surface area (Å²) in [4.78, 5) is 4.00. The summed E-state index contributed by atoms with van der Waals surface area (Å²) in [5.74, 6) is 1.26. The maximum absolute atomic E-state index is 5.57. The number of nitrogens with zero attached hydrogens (tertiary/aromatic N) is 2. The highest BCUT2D eigenvalue weighted by molar-refractivity contribution is 6.16. The van der Waals surface area contributed by atoms with Crippen LogP contribution >= 0.6 is 24.0 Å². The van der Waals surface area contributed by atoms with Crippen LogP contribution in [0.1, 0.15) is 5.82 Å². The summed E-state index contributed by atoms with van der Waals surface area (Å²) in [6.45, 7) is 0.516. The molecule has 64 valence electrons. The lowest BCUT2D eigenvalue weighted by Crippen LogP contribution is -2.02. The SMILES string of the molecule is COCn1ccnc1CCl.Cl. The number of ether oxygens (including phenoxy) is 1. The molecular weight excluding hydrogens is 187 g/mol. The average Bonchev–Trinajstić information content (AvgIpc) is 2.36. The molecule has 0 aliphatic heterocycles. The molecule has 11 heavy (non-hydrogen) atoms. The first-order chi connectivity index (χ1) is 4.88. The van der Waals surface area contributed by atoms with Crippen LogP contribution in [0.2, 0.25) is 0 Å². The summed E-state index contributed by atoms with van der Waals surface area (Å²) in [7, 11) is 1.64. The quantitative estimate of drug-likeness (QED) is 0.688. The number of rotatable bonds is 3. The molecule has 0 atom stereocenters. The van der Waals surface area contributed by atoms with Crippen molar-refractivity contribution in [2.75, 3.05) is 7.11 Å². The molecule has 0 bridgehead atoms. The Labute approximate surface area is 76.7 Å². The fourth-order valence-electron chi connectivity index (χ4n) is 0.728. The first kappa shape index (κ1) is 10.8. The number of hydrogen-bond donors (Lipinski definition) is 0. The first-order valence-corrected chi connectivity index (χ1v) is 3.47. The average molecular weight is 197 g/mol. The van der Waals surface area contributed by atoms with Crippen LogP contribution in [0.15, 0.2) is 12.4 Å². The molecule has 1 aromatic heterocycles. The summed E-state index contributed by atoms with van der Waals surface area (Å²) >= 11 is 5.57. The number of alkyl halides is 1. The summed E-state index contributed by atoms with van der Waals surface area (Å²) < 4.78 is 6.75. The smallest absolute Gasteiger partial charge is 0.125 e. The summed E-state index contributed by atoms with van der Waals surface area (Å²) in [6.07, 6.45) is 3.54. The van der Waals surface area contributed by atoms with Gasteiger partial charge in [0.05, 0.1) is 5.88 Å². The van der Waals surface area contributed by atoms with Crippen LogP contribution in [-0.2, 0) is 17.3 Å². The Morgan fingerprint density at radius 1 is 1.73 bits per heavy atom. The van der Waals surface area contributed by atoms with Crippen molar-refractivity contribution < 1.29 is 4.74 Å². The van der Waals surface area contributed by atoms with Gasteiger partial charge < -0.3 is 9.30 Å². The van der Waals surface area contributed by atoms with E-state index in [4.69, 9.17) is 16.3 Å². The molecule has 1 heterocycles. The Morgan fingerprint density at radius 2 is 2.45 bits per heavy atom. The highest BCUT2D eigenvalue weighted by Gasteiger charge is 1.97. The number of methoxy groups -OCH3 is 1. The Hall–Kier alpha value is -0.250. The van der Waals surface area contributed by atoms with E-state index in [0.29, 0.717) is 12.6 Å². The summed E-state index contributed by atoms with van der Waals surface area (Å²) in [5, 5.41) is 0. The van der Waals surface area contributed by atoms with Gasteiger partial charge in [0, 0.05) is 19.5 Å². The van der Waals surface area contributed by atoms with Gasteiger partial charge in [0.2, 0.25) is 0 Å². The van der Waals surface area contributed by atoms with Gasteiger partial charge in [-0.3, -0.25) is 0 Å². The van der Waals surface area contributed by atoms with Crippen LogP contribution in [0.5, 0.6) is 0 Å². The highest BCUT2D eigenvalue weighted by atomic mass is 35.5. The second kappa shape index (κ2) is 5.41. The third-order valence-electron chi connectivity index (χ3n) is 1.19. The van der Waals surface area contributed by atoms with E-state index < -0.39 is 0 Å². The van der Waals surface area contributed by atoms with Gasteiger partial charge in [-0.15, -0.1) is 24.0 Å². The minimum absolute atomic E-state index is 0. The number of imidazole rings is 1. The molecule has 0 aliphatic rings. The van der Waals surface area contributed by atoms with Gasteiger partial charge in [-0.2, -0.15) is 0 Å². The molecule has 0 amide bonds. The molecule has 1 aromatic rings. The van der Waals surface area contributed by atoms with Crippen LogP contribution in [0.25, 0.3) is 0 Å². The number of hydrogen-bond acceptors (Lipinski definition) is 2. The zero-order chi connectivity index (χ0) is 7.40. The van der Waals surface area contributed by atoms with E-state index in [0.717, 1.165) is 5.82 Å². The Morgan fingerprint density at radius 3 is 3.00 bits per heavy atom. The normalized spacial score (nSPS) is 9.27. The van der Waals surface area contributed by atoms with Crippen molar-refractivity contribution >= 4 is 24.0 Å². The number of halogens is 2.